The lowest BCUT2D eigenvalue weighted by Crippen LogP contribution is -2.39. The average Bonchev–Trinajstić information content (AvgIpc) is 2.86. The normalized spacial score (nSPS) is 23.0. The van der Waals surface area contributed by atoms with Crippen molar-refractivity contribution in [2.24, 2.45) is 5.92 Å². The Morgan fingerprint density at radius 3 is 2.50 bits per heavy atom. The lowest BCUT2D eigenvalue weighted by atomic mass is 9.93. The quantitative estimate of drug-likeness (QED) is 0.865. The van der Waals surface area contributed by atoms with E-state index >= 15 is 0 Å². The van der Waals surface area contributed by atoms with Crippen molar-refractivity contribution in [3.8, 4) is 0 Å². The number of hydrogen-bond acceptors (Lipinski definition) is 3. The number of likely N-dealkylation sites (N-methyl/N-ethyl adjacent to an activating group) is 1. The number of ketones is 1. The van der Waals surface area contributed by atoms with Crippen LogP contribution < -0.4 is 5.32 Å². The highest BCUT2D eigenvalue weighted by atomic mass is 19.4. The van der Waals surface area contributed by atoms with Gasteiger partial charge in [0.05, 0.1) is 24.7 Å². The molecule has 6 heteroatoms. The summed E-state index contributed by atoms with van der Waals surface area (Å²) < 4.78 is 42.7. The van der Waals surface area contributed by atoms with E-state index in [1.54, 1.807) is 0 Å². The highest BCUT2D eigenvalue weighted by molar-refractivity contribution is 5.98. The van der Waals surface area contributed by atoms with E-state index in [0.29, 0.717) is 19.8 Å². The topological polar surface area (TPSA) is 38.3 Å². The molecule has 2 atom stereocenters. The lowest BCUT2D eigenvalue weighted by molar-refractivity contribution is -0.137. The van der Waals surface area contributed by atoms with Crippen molar-refractivity contribution >= 4 is 5.78 Å². The third-order valence-electron chi connectivity index (χ3n) is 3.38. The molecule has 1 aliphatic heterocycles. The van der Waals surface area contributed by atoms with Crippen LogP contribution >= 0.6 is 0 Å². The van der Waals surface area contributed by atoms with Crippen molar-refractivity contribution in [1.29, 1.82) is 0 Å². The number of benzene rings is 1. The Kier molecular flexibility index (Phi) is 4.45. The van der Waals surface area contributed by atoms with Crippen LogP contribution in [0.15, 0.2) is 24.3 Å². The summed E-state index contributed by atoms with van der Waals surface area (Å²) in [5.74, 6) is -0.520. The monoisotopic (exact) mass is 287 g/mol. The second-order valence-electron chi connectivity index (χ2n) is 4.75. The molecule has 3 nitrogen and oxygen atoms in total. The van der Waals surface area contributed by atoms with E-state index in [4.69, 9.17) is 4.74 Å². The number of carbonyl (C=O) groups is 1. The van der Waals surface area contributed by atoms with Crippen LogP contribution in [0, 0.1) is 5.92 Å². The maximum atomic E-state index is 12.5. The number of ether oxygens (including phenoxy) is 1. The molecule has 1 aromatic rings. The van der Waals surface area contributed by atoms with E-state index in [2.05, 4.69) is 5.32 Å². The first kappa shape index (κ1) is 15.0. The van der Waals surface area contributed by atoms with Gasteiger partial charge in [0.2, 0.25) is 0 Å². The second-order valence-corrected chi connectivity index (χ2v) is 4.75. The van der Waals surface area contributed by atoms with E-state index in [0.717, 1.165) is 12.1 Å². The molecule has 0 amide bonds. The van der Waals surface area contributed by atoms with Crippen molar-refractivity contribution in [2.45, 2.75) is 19.1 Å². The summed E-state index contributed by atoms with van der Waals surface area (Å²) in [6, 6.07) is 4.25. The molecule has 0 bridgehead atoms. The molecule has 0 aromatic heterocycles. The fraction of sp³-hybridized carbons (Fsp3) is 0.500. The highest BCUT2D eigenvalue weighted by Gasteiger charge is 2.35. The Labute approximate surface area is 115 Å². The number of nitrogens with one attached hydrogen (secondary N) is 1. The summed E-state index contributed by atoms with van der Waals surface area (Å²) in [4.78, 5) is 12.3. The molecule has 2 rings (SSSR count). The number of rotatable bonds is 4. The number of carbonyl (C=O) groups excluding carboxylic acids is 1. The SMILES string of the molecule is CCNC1COCC1C(=O)c1ccc(C(F)(F)F)cc1. The van der Waals surface area contributed by atoms with Crippen molar-refractivity contribution in [3.63, 3.8) is 0 Å². The van der Waals surface area contributed by atoms with Crippen LogP contribution in [0.4, 0.5) is 13.2 Å². The minimum absolute atomic E-state index is 0.0743. The van der Waals surface area contributed by atoms with Gasteiger partial charge in [-0.25, -0.2) is 0 Å². The predicted molar refractivity (Wildman–Crippen MR) is 67.5 cm³/mol. The van der Waals surface area contributed by atoms with Crippen LogP contribution in [-0.2, 0) is 10.9 Å². The third-order valence-corrected chi connectivity index (χ3v) is 3.38. The van der Waals surface area contributed by atoms with Gasteiger partial charge in [0.25, 0.3) is 0 Å². The number of alkyl halides is 3. The molecule has 20 heavy (non-hydrogen) atoms. The molecule has 1 aromatic carbocycles. The Hall–Kier alpha value is -1.40. The molecular weight excluding hydrogens is 271 g/mol. The van der Waals surface area contributed by atoms with Gasteiger partial charge in [0.1, 0.15) is 0 Å². The van der Waals surface area contributed by atoms with Crippen molar-refractivity contribution in [1.82, 2.24) is 5.32 Å². The van der Waals surface area contributed by atoms with Gasteiger partial charge >= 0.3 is 6.18 Å². The van der Waals surface area contributed by atoms with Gasteiger partial charge in [-0.05, 0) is 18.7 Å². The summed E-state index contributed by atoms with van der Waals surface area (Å²) in [6.07, 6.45) is -4.38. The van der Waals surface area contributed by atoms with Crippen LogP contribution in [-0.4, -0.2) is 31.6 Å². The Bertz CT molecular complexity index is 470. The Balaban J connectivity index is 2.13. The number of hydrogen-bond donors (Lipinski definition) is 1. The first-order valence-corrected chi connectivity index (χ1v) is 6.46. The summed E-state index contributed by atoms with van der Waals surface area (Å²) in [7, 11) is 0. The second kappa shape index (κ2) is 5.93. The smallest absolute Gasteiger partial charge is 0.379 e. The van der Waals surface area contributed by atoms with Crippen LogP contribution in [0.3, 0.4) is 0 Å². The van der Waals surface area contributed by atoms with Gasteiger partial charge in [0, 0.05) is 11.6 Å². The largest absolute Gasteiger partial charge is 0.416 e. The Morgan fingerprint density at radius 2 is 1.95 bits per heavy atom. The van der Waals surface area contributed by atoms with Crippen LogP contribution in [0.25, 0.3) is 0 Å². The van der Waals surface area contributed by atoms with Crippen molar-refractivity contribution in [3.05, 3.63) is 35.4 Å². The van der Waals surface area contributed by atoms with Gasteiger partial charge in [-0.3, -0.25) is 4.79 Å². The summed E-state index contributed by atoms with van der Waals surface area (Å²) in [5.41, 5.74) is -0.462. The first-order valence-electron chi connectivity index (χ1n) is 6.46. The molecular formula is C14H16F3NO2. The summed E-state index contributed by atoms with van der Waals surface area (Å²) >= 11 is 0. The standard InChI is InChI=1S/C14H16F3NO2/c1-2-18-12-8-20-7-11(12)13(19)9-3-5-10(6-4-9)14(15,16)17/h3-6,11-12,18H,2,7-8H2,1H3. The fourth-order valence-electron chi connectivity index (χ4n) is 2.31. The Morgan fingerprint density at radius 1 is 1.30 bits per heavy atom. The molecule has 2 unspecified atom stereocenters. The fourth-order valence-corrected chi connectivity index (χ4v) is 2.31. The zero-order chi connectivity index (χ0) is 14.8. The lowest BCUT2D eigenvalue weighted by Gasteiger charge is -2.17. The molecule has 1 aliphatic rings. The van der Waals surface area contributed by atoms with E-state index in [1.807, 2.05) is 6.92 Å². The zero-order valence-electron chi connectivity index (χ0n) is 11.0. The van der Waals surface area contributed by atoms with Crippen LogP contribution in [0.5, 0.6) is 0 Å². The molecule has 0 aliphatic carbocycles. The first-order chi connectivity index (χ1) is 9.43. The van der Waals surface area contributed by atoms with Gasteiger partial charge in [-0.15, -0.1) is 0 Å². The van der Waals surface area contributed by atoms with Crippen molar-refractivity contribution in [2.75, 3.05) is 19.8 Å². The molecule has 0 saturated carbocycles. The average molecular weight is 287 g/mol. The zero-order valence-corrected chi connectivity index (χ0v) is 11.0. The van der Waals surface area contributed by atoms with Gasteiger partial charge < -0.3 is 10.1 Å². The molecule has 1 saturated heterocycles. The van der Waals surface area contributed by atoms with Gasteiger partial charge in [0.15, 0.2) is 5.78 Å². The maximum Gasteiger partial charge on any atom is 0.416 e. The highest BCUT2D eigenvalue weighted by Crippen LogP contribution is 2.29. The molecule has 1 fully saturated rings. The van der Waals surface area contributed by atoms with E-state index in [1.165, 1.54) is 12.1 Å². The molecule has 1 heterocycles. The minimum atomic E-state index is -4.38. The summed E-state index contributed by atoms with van der Waals surface area (Å²) in [6.45, 7) is 3.39. The van der Waals surface area contributed by atoms with Gasteiger partial charge in [-0.2, -0.15) is 13.2 Å². The molecule has 110 valence electrons. The van der Waals surface area contributed by atoms with Crippen molar-refractivity contribution < 1.29 is 22.7 Å². The minimum Gasteiger partial charge on any atom is -0.379 e. The maximum absolute atomic E-state index is 12.5. The summed E-state index contributed by atoms with van der Waals surface area (Å²) in [5, 5.41) is 3.16. The van der Waals surface area contributed by atoms with Crippen LogP contribution in [0.2, 0.25) is 0 Å². The third kappa shape index (κ3) is 3.19. The molecule has 0 spiro atoms. The van der Waals surface area contributed by atoms with Crippen LogP contribution in [0.1, 0.15) is 22.8 Å². The predicted octanol–water partition coefficient (Wildman–Crippen LogP) is 2.51. The van der Waals surface area contributed by atoms with E-state index in [-0.39, 0.29) is 23.3 Å². The van der Waals surface area contributed by atoms with Gasteiger partial charge in [-0.1, -0.05) is 19.1 Å². The van der Waals surface area contributed by atoms with E-state index in [9.17, 15) is 18.0 Å². The van der Waals surface area contributed by atoms with E-state index < -0.39 is 11.7 Å². The molecule has 1 N–H and O–H groups in total. The molecule has 0 radical (unpaired) electrons. The number of halogens is 3. The number of Topliss-reactive ketones (excluding diaryl/α,β-unsaturated/α-hetero) is 1.